The van der Waals surface area contributed by atoms with Gasteiger partial charge in [0.05, 0.1) is 12.0 Å². The second kappa shape index (κ2) is 12.3. The van der Waals surface area contributed by atoms with E-state index in [0.29, 0.717) is 33.9 Å². The average molecular weight is 570 g/mol. The summed E-state index contributed by atoms with van der Waals surface area (Å²) in [7, 11) is 0. The summed E-state index contributed by atoms with van der Waals surface area (Å²) >= 11 is 12.7. The molecule has 2 N–H and O–H groups in total. The highest BCUT2D eigenvalue weighted by Gasteiger charge is 2.45. The van der Waals surface area contributed by atoms with Crippen LogP contribution in [0.2, 0.25) is 10.0 Å². The first kappa shape index (κ1) is 29.4. The zero-order valence-corrected chi connectivity index (χ0v) is 24.4. The highest BCUT2D eigenvalue weighted by molar-refractivity contribution is 6.34. The van der Waals surface area contributed by atoms with Gasteiger partial charge in [-0.1, -0.05) is 62.2 Å². The number of carbonyl (C=O) groups is 2. The van der Waals surface area contributed by atoms with E-state index < -0.39 is 11.5 Å². The summed E-state index contributed by atoms with van der Waals surface area (Å²) in [5.74, 6) is 0.0125. The lowest BCUT2D eigenvalue weighted by molar-refractivity contribution is -0.136. The summed E-state index contributed by atoms with van der Waals surface area (Å²) in [6.45, 7) is 7.11. The number of nitrogens with zero attached hydrogens (tertiary/aromatic N) is 1. The van der Waals surface area contributed by atoms with Crippen LogP contribution in [0.4, 0.5) is 0 Å². The van der Waals surface area contributed by atoms with Crippen LogP contribution in [0.5, 0.6) is 0 Å². The average Bonchev–Trinajstić information content (AvgIpc) is 3.32. The fourth-order valence-corrected chi connectivity index (χ4v) is 6.96. The number of hydrogen-bond acceptors (Lipinski definition) is 3. The van der Waals surface area contributed by atoms with Gasteiger partial charge in [-0.3, -0.25) is 14.6 Å². The monoisotopic (exact) mass is 568 g/mol. The van der Waals surface area contributed by atoms with Gasteiger partial charge in [-0.2, -0.15) is 0 Å². The van der Waals surface area contributed by atoms with Crippen molar-refractivity contribution in [2.75, 3.05) is 6.54 Å². The molecule has 5 nitrogen and oxygen atoms in total. The molecule has 1 saturated carbocycles. The summed E-state index contributed by atoms with van der Waals surface area (Å²) in [5.41, 5.74) is 2.50. The van der Waals surface area contributed by atoms with Crippen molar-refractivity contribution in [3.63, 3.8) is 0 Å². The van der Waals surface area contributed by atoms with Crippen molar-refractivity contribution < 1.29 is 14.7 Å². The van der Waals surface area contributed by atoms with Gasteiger partial charge in [-0.25, -0.2) is 0 Å². The molecule has 1 fully saturated rings. The Kier molecular flexibility index (Phi) is 9.23. The van der Waals surface area contributed by atoms with E-state index in [4.69, 9.17) is 33.3 Å². The van der Waals surface area contributed by atoms with E-state index in [9.17, 15) is 9.59 Å². The van der Waals surface area contributed by atoms with Gasteiger partial charge in [0.25, 0.3) is 5.91 Å². The first-order valence-electron chi connectivity index (χ1n) is 13.7. The van der Waals surface area contributed by atoms with Crippen molar-refractivity contribution in [3.05, 3.63) is 81.4 Å². The molecule has 39 heavy (non-hydrogen) atoms. The molecular formula is C32H38Cl2N2O3. The number of allylic oxidation sites excluding steroid dienone is 1. The van der Waals surface area contributed by atoms with Crippen LogP contribution in [-0.4, -0.2) is 35.3 Å². The maximum absolute atomic E-state index is 12.6. The van der Waals surface area contributed by atoms with Crippen LogP contribution in [0, 0.1) is 17.3 Å². The second-order valence-electron chi connectivity index (χ2n) is 12.1. The van der Waals surface area contributed by atoms with Gasteiger partial charge in [0.1, 0.15) is 0 Å². The van der Waals surface area contributed by atoms with E-state index in [0.717, 1.165) is 24.0 Å². The lowest BCUT2D eigenvalue weighted by atomic mass is 9.62. The zero-order valence-electron chi connectivity index (χ0n) is 22.9. The SMILES string of the molecule is CC(C)(C)C1CCC(C(c2ccc(C(=O)NCCC(=O)O)cc2)C2(Cc3cc(Cl)cc(Cl)c3)C=CC=N2)CC1. The Balaban J connectivity index is 1.66. The van der Waals surface area contributed by atoms with E-state index in [1.807, 2.05) is 48.7 Å². The van der Waals surface area contributed by atoms with Gasteiger partial charge in [-0.05, 0) is 90.5 Å². The van der Waals surface area contributed by atoms with Crippen molar-refractivity contribution in [2.45, 2.75) is 70.8 Å². The summed E-state index contributed by atoms with van der Waals surface area (Å²) < 4.78 is 0. The van der Waals surface area contributed by atoms with Crippen LogP contribution >= 0.6 is 23.2 Å². The molecule has 1 aliphatic carbocycles. The van der Waals surface area contributed by atoms with Crippen molar-refractivity contribution in [1.82, 2.24) is 5.32 Å². The Morgan fingerprint density at radius 1 is 1.05 bits per heavy atom. The molecule has 0 aromatic heterocycles. The Labute approximate surface area is 241 Å². The second-order valence-corrected chi connectivity index (χ2v) is 12.9. The quantitative estimate of drug-likeness (QED) is 0.324. The number of amides is 1. The third kappa shape index (κ3) is 7.32. The molecule has 1 amide bonds. The third-order valence-corrected chi connectivity index (χ3v) is 8.79. The maximum Gasteiger partial charge on any atom is 0.305 e. The number of halogens is 2. The van der Waals surface area contributed by atoms with E-state index in [-0.39, 0.29) is 30.2 Å². The van der Waals surface area contributed by atoms with Crippen LogP contribution in [0.3, 0.4) is 0 Å². The van der Waals surface area contributed by atoms with Gasteiger partial charge in [-0.15, -0.1) is 0 Å². The van der Waals surface area contributed by atoms with Gasteiger partial charge >= 0.3 is 5.97 Å². The Morgan fingerprint density at radius 3 is 2.23 bits per heavy atom. The molecule has 0 saturated heterocycles. The maximum atomic E-state index is 12.6. The van der Waals surface area contributed by atoms with Crippen molar-refractivity contribution >= 4 is 41.3 Å². The summed E-state index contributed by atoms with van der Waals surface area (Å²) in [6, 6.07) is 13.4. The minimum absolute atomic E-state index is 0.0976. The Bertz CT molecular complexity index is 1210. The fourth-order valence-electron chi connectivity index (χ4n) is 6.39. The largest absolute Gasteiger partial charge is 0.481 e. The molecular weight excluding hydrogens is 531 g/mol. The predicted octanol–water partition coefficient (Wildman–Crippen LogP) is 7.76. The topological polar surface area (TPSA) is 78.8 Å². The van der Waals surface area contributed by atoms with Crippen molar-refractivity contribution in [2.24, 2.45) is 22.2 Å². The van der Waals surface area contributed by atoms with Crippen molar-refractivity contribution in [3.8, 4) is 0 Å². The molecule has 0 bridgehead atoms. The van der Waals surface area contributed by atoms with E-state index in [2.05, 4.69) is 32.2 Å². The standard InChI is InChI=1S/C32H38Cl2N2O3/c1-31(2,3)25-11-9-23(10-12-25)29(22-5-7-24(8-6-22)30(39)35-16-13-28(37)38)32(14-4-15-36-32)20-21-17-26(33)19-27(34)18-21/h4-8,14-15,17-19,23,25,29H,9-13,16,20H2,1-3H3,(H,35,39)(H,37,38). The molecule has 2 aromatic carbocycles. The number of hydrogen-bond donors (Lipinski definition) is 2. The first-order chi connectivity index (χ1) is 18.5. The van der Waals surface area contributed by atoms with Gasteiger partial charge in [0, 0.05) is 40.7 Å². The van der Waals surface area contributed by atoms with Crippen LogP contribution in [-0.2, 0) is 11.2 Å². The number of carboxylic acid groups (broad SMARTS) is 1. The van der Waals surface area contributed by atoms with Gasteiger partial charge in [0.2, 0.25) is 0 Å². The summed E-state index contributed by atoms with van der Waals surface area (Å²) in [5, 5.41) is 12.8. The molecule has 0 radical (unpaired) electrons. The van der Waals surface area contributed by atoms with Crippen LogP contribution < -0.4 is 5.32 Å². The number of carboxylic acids is 1. The molecule has 2 aromatic rings. The molecule has 2 atom stereocenters. The smallest absolute Gasteiger partial charge is 0.305 e. The normalized spacial score (nSPS) is 23.5. The molecule has 2 unspecified atom stereocenters. The number of aliphatic imine (C=N–C) groups is 1. The third-order valence-electron chi connectivity index (χ3n) is 8.36. The predicted molar refractivity (Wildman–Crippen MR) is 159 cm³/mol. The minimum Gasteiger partial charge on any atom is -0.481 e. The zero-order chi connectivity index (χ0) is 28.2. The lowest BCUT2D eigenvalue weighted by Gasteiger charge is -2.44. The van der Waals surface area contributed by atoms with Crippen LogP contribution in [0.15, 0.2) is 59.6 Å². The molecule has 7 heteroatoms. The number of rotatable bonds is 9. The molecule has 0 spiro atoms. The number of aliphatic carboxylic acids is 1. The summed E-state index contributed by atoms with van der Waals surface area (Å²) in [4.78, 5) is 28.5. The number of nitrogens with one attached hydrogen (secondary N) is 1. The summed E-state index contributed by atoms with van der Waals surface area (Å²) in [6.07, 6.45) is 11.3. The van der Waals surface area contributed by atoms with Gasteiger partial charge in [0.15, 0.2) is 0 Å². The molecule has 208 valence electrons. The highest BCUT2D eigenvalue weighted by atomic mass is 35.5. The number of carbonyl (C=O) groups excluding carboxylic acids is 1. The van der Waals surface area contributed by atoms with Gasteiger partial charge < -0.3 is 10.4 Å². The van der Waals surface area contributed by atoms with E-state index >= 15 is 0 Å². The van der Waals surface area contributed by atoms with Crippen molar-refractivity contribution in [1.29, 1.82) is 0 Å². The number of benzene rings is 2. The molecule has 1 aliphatic heterocycles. The minimum atomic E-state index is -0.939. The van der Waals surface area contributed by atoms with E-state index in [1.165, 1.54) is 12.8 Å². The molecule has 4 rings (SSSR count). The lowest BCUT2D eigenvalue weighted by Crippen LogP contribution is -2.40. The van der Waals surface area contributed by atoms with E-state index in [1.54, 1.807) is 6.07 Å². The van der Waals surface area contributed by atoms with Crippen LogP contribution in [0.1, 0.15) is 80.3 Å². The fraction of sp³-hybridized carbons (Fsp3) is 0.469. The Morgan fingerprint density at radius 2 is 1.69 bits per heavy atom. The van der Waals surface area contributed by atoms with Crippen LogP contribution in [0.25, 0.3) is 0 Å². The Hall–Kier alpha value is -2.63. The molecule has 2 aliphatic rings. The molecule has 1 heterocycles. The highest BCUT2D eigenvalue weighted by Crippen LogP contribution is 2.50. The first-order valence-corrected chi connectivity index (χ1v) is 14.5.